The lowest BCUT2D eigenvalue weighted by Crippen LogP contribution is -2.25. The summed E-state index contributed by atoms with van der Waals surface area (Å²) in [5, 5.41) is 0. The molecule has 16 heavy (non-hydrogen) atoms. The molecule has 0 bridgehead atoms. The molecule has 0 radical (unpaired) electrons. The van der Waals surface area contributed by atoms with E-state index in [2.05, 4.69) is 27.7 Å². The average Bonchev–Trinajstić information content (AvgIpc) is 2.25. The molecule has 0 aromatic heterocycles. The molecule has 1 aliphatic rings. The first-order valence-electron chi connectivity index (χ1n) is 7.54. The molecule has 0 N–H and O–H groups in total. The van der Waals surface area contributed by atoms with Crippen molar-refractivity contribution >= 4 is 0 Å². The molecule has 1 fully saturated rings. The first kappa shape index (κ1) is 14.1. The van der Waals surface area contributed by atoms with Gasteiger partial charge in [0.25, 0.3) is 0 Å². The Morgan fingerprint density at radius 3 is 1.56 bits per heavy atom. The maximum absolute atomic E-state index is 2.37. The van der Waals surface area contributed by atoms with Gasteiger partial charge in [0.15, 0.2) is 0 Å². The van der Waals surface area contributed by atoms with Crippen LogP contribution in [-0.4, -0.2) is 0 Å². The second-order valence-electron chi connectivity index (χ2n) is 6.93. The average molecular weight is 224 g/mol. The lowest BCUT2D eigenvalue weighted by Gasteiger charge is -2.38. The summed E-state index contributed by atoms with van der Waals surface area (Å²) in [5.74, 6) is 1.77. The zero-order chi connectivity index (χ0) is 12.0. The van der Waals surface area contributed by atoms with Gasteiger partial charge in [-0.15, -0.1) is 0 Å². The molecule has 0 spiro atoms. The topological polar surface area (TPSA) is 0 Å². The second-order valence-corrected chi connectivity index (χ2v) is 6.93. The molecule has 96 valence electrons. The third-order valence-electron chi connectivity index (χ3n) is 4.42. The Morgan fingerprint density at radius 2 is 1.19 bits per heavy atom. The fourth-order valence-electron chi connectivity index (χ4n) is 3.12. The van der Waals surface area contributed by atoms with Crippen LogP contribution in [0.5, 0.6) is 0 Å². The monoisotopic (exact) mass is 224 g/mol. The maximum atomic E-state index is 2.37. The van der Waals surface area contributed by atoms with Gasteiger partial charge < -0.3 is 0 Å². The number of hydrogen-bond donors (Lipinski definition) is 0. The summed E-state index contributed by atoms with van der Waals surface area (Å²) in [5.41, 5.74) is 0.743. The van der Waals surface area contributed by atoms with Crippen molar-refractivity contribution in [3.63, 3.8) is 0 Å². The van der Waals surface area contributed by atoms with Gasteiger partial charge in [-0.3, -0.25) is 0 Å². The fraction of sp³-hybridized carbons (Fsp3) is 1.00. The summed E-state index contributed by atoms with van der Waals surface area (Å²) >= 11 is 0. The van der Waals surface area contributed by atoms with Gasteiger partial charge >= 0.3 is 0 Å². The largest absolute Gasteiger partial charge is 0.0628 e. The van der Waals surface area contributed by atoms with Gasteiger partial charge in [0, 0.05) is 0 Å². The maximum Gasteiger partial charge on any atom is -0.0297 e. The van der Waals surface area contributed by atoms with Gasteiger partial charge in [0.1, 0.15) is 0 Å². The molecule has 0 aliphatic heterocycles. The highest BCUT2D eigenvalue weighted by atomic mass is 14.4. The molecule has 1 saturated carbocycles. The van der Waals surface area contributed by atoms with E-state index in [9.17, 15) is 0 Å². The molecule has 0 aromatic rings. The summed E-state index contributed by atoms with van der Waals surface area (Å²) < 4.78 is 0. The van der Waals surface area contributed by atoms with Crippen LogP contribution >= 0.6 is 0 Å². The van der Waals surface area contributed by atoms with E-state index in [4.69, 9.17) is 0 Å². The molecule has 0 nitrogen and oxygen atoms in total. The Bertz CT molecular complexity index is 158. The van der Waals surface area contributed by atoms with Gasteiger partial charge in [-0.05, 0) is 42.9 Å². The molecule has 0 heterocycles. The SMILES string of the molecule is CC(C)CCC1(CCC(C)C)CCCCC1. The Morgan fingerprint density at radius 1 is 0.750 bits per heavy atom. The Hall–Kier alpha value is 0. The van der Waals surface area contributed by atoms with E-state index in [1.165, 1.54) is 57.8 Å². The zero-order valence-electron chi connectivity index (χ0n) is 12.0. The van der Waals surface area contributed by atoms with Gasteiger partial charge in [0.2, 0.25) is 0 Å². The fourth-order valence-corrected chi connectivity index (χ4v) is 3.12. The van der Waals surface area contributed by atoms with E-state index in [0.29, 0.717) is 0 Å². The van der Waals surface area contributed by atoms with Crippen molar-refractivity contribution in [2.45, 2.75) is 85.5 Å². The van der Waals surface area contributed by atoms with Gasteiger partial charge in [-0.1, -0.05) is 59.8 Å². The van der Waals surface area contributed by atoms with E-state index >= 15 is 0 Å². The smallest absolute Gasteiger partial charge is 0.0297 e. The third-order valence-corrected chi connectivity index (χ3v) is 4.42. The van der Waals surface area contributed by atoms with Crippen molar-refractivity contribution in [3.05, 3.63) is 0 Å². The van der Waals surface area contributed by atoms with Crippen LogP contribution in [-0.2, 0) is 0 Å². The minimum absolute atomic E-state index is 0.743. The van der Waals surface area contributed by atoms with Crippen LogP contribution < -0.4 is 0 Å². The summed E-state index contributed by atoms with van der Waals surface area (Å²) in [6, 6.07) is 0. The Kier molecular flexibility index (Phi) is 5.86. The van der Waals surface area contributed by atoms with Crippen LogP contribution in [0, 0.1) is 17.3 Å². The molecule has 0 aromatic carbocycles. The van der Waals surface area contributed by atoms with Crippen LogP contribution in [0.15, 0.2) is 0 Å². The first-order chi connectivity index (χ1) is 7.54. The van der Waals surface area contributed by atoms with Gasteiger partial charge in [-0.25, -0.2) is 0 Å². The first-order valence-corrected chi connectivity index (χ1v) is 7.54. The van der Waals surface area contributed by atoms with E-state index in [-0.39, 0.29) is 0 Å². The minimum atomic E-state index is 0.743. The van der Waals surface area contributed by atoms with Crippen LogP contribution in [0.2, 0.25) is 0 Å². The van der Waals surface area contributed by atoms with E-state index in [0.717, 1.165) is 17.3 Å². The molecule has 0 unspecified atom stereocenters. The summed E-state index contributed by atoms with van der Waals surface area (Å²) in [4.78, 5) is 0. The van der Waals surface area contributed by atoms with Gasteiger partial charge in [0.05, 0.1) is 0 Å². The van der Waals surface area contributed by atoms with Crippen molar-refractivity contribution in [2.75, 3.05) is 0 Å². The van der Waals surface area contributed by atoms with Crippen LogP contribution in [0.1, 0.15) is 85.5 Å². The quantitative estimate of drug-likeness (QED) is 0.534. The van der Waals surface area contributed by atoms with E-state index in [1.807, 2.05) is 0 Å². The van der Waals surface area contributed by atoms with Crippen molar-refractivity contribution in [1.82, 2.24) is 0 Å². The Labute approximate surface area is 103 Å². The second kappa shape index (κ2) is 6.67. The van der Waals surface area contributed by atoms with E-state index in [1.54, 1.807) is 0 Å². The minimum Gasteiger partial charge on any atom is -0.0628 e. The molecule has 0 atom stereocenters. The van der Waals surface area contributed by atoms with Crippen LogP contribution in [0.25, 0.3) is 0 Å². The van der Waals surface area contributed by atoms with E-state index < -0.39 is 0 Å². The molecule has 1 aliphatic carbocycles. The Balaban J connectivity index is 2.45. The molecule has 1 rings (SSSR count). The highest BCUT2D eigenvalue weighted by molar-refractivity contribution is 4.83. The molecule has 0 saturated heterocycles. The highest BCUT2D eigenvalue weighted by Gasteiger charge is 2.31. The predicted molar refractivity (Wildman–Crippen MR) is 73.7 cm³/mol. The molecular weight excluding hydrogens is 192 g/mol. The lowest BCUT2D eigenvalue weighted by molar-refractivity contribution is 0.137. The molecule has 0 amide bonds. The van der Waals surface area contributed by atoms with Gasteiger partial charge in [-0.2, -0.15) is 0 Å². The molecule has 0 heteroatoms. The summed E-state index contributed by atoms with van der Waals surface area (Å²) in [6.07, 6.45) is 13.4. The number of hydrogen-bond acceptors (Lipinski definition) is 0. The lowest BCUT2D eigenvalue weighted by atomic mass is 9.67. The molecular formula is C16H32. The van der Waals surface area contributed by atoms with Crippen LogP contribution in [0.4, 0.5) is 0 Å². The normalized spacial score (nSPS) is 20.6. The summed E-state index contributed by atoms with van der Waals surface area (Å²) in [6.45, 7) is 9.50. The van der Waals surface area contributed by atoms with Crippen molar-refractivity contribution in [1.29, 1.82) is 0 Å². The summed E-state index contributed by atoms with van der Waals surface area (Å²) in [7, 11) is 0. The van der Waals surface area contributed by atoms with Crippen molar-refractivity contribution in [3.8, 4) is 0 Å². The standard InChI is InChI=1S/C16H32/c1-14(2)8-12-16(13-9-15(3)4)10-6-5-7-11-16/h14-15H,5-13H2,1-4H3. The predicted octanol–water partition coefficient (Wildman–Crippen LogP) is 5.81. The highest BCUT2D eigenvalue weighted by Crippen LogP contribution is 2.45. The zero-order valence-corrected chi connectivity index (χ0v) is 12.0. The van der Waals surface area contributed by atoms with Crippen molar-refractivity contribution in [2.24, 2.45) is 17.3 Å². The van der Waals surface area contributed by atoms with Crippen LogP contribution in [0.3, 0.4) is 0 Å². The third kappa shape index (κ3) is 4.89. The number of rotatable bonds is 6. The van der Waals surface area contributed by atoms with Crippen molar-refractivity contribution < 1.29 is 0 Å².